The maximum Gasteiger partial charge on any atom is 0.0714 e. The van der Waals surface area contributed by atoms with Crippen LogP contribution in [0, 0.1) is 0 Å². The van der Waals surface area contributed by atoms with Crippen LogP contribution < -0.4 is 0 Å². The van der Waals surface area contributed by atoms with Crippen LogP contribution in [-0.2, 0) is 4.74 Å². The van der Waals surface area contributed by atoms with Crippen LogP contribution in [0.5, 0.6) is 0 Å². The molecule has 0 aliphatic carbocycles. The molecule has 0 aromatic rings. The van der Waals surface area contributed by atoms with Gasteiger partial charge in [0, 0.05) is 25.7 Å². The maximum absolute atomic E-state index is 9.10. The lowest BCUT2D eigenvalue weighted by Crippen LogP contribution is -2.37. The maximum atomic E-state index is 9.10. The van der Waals surface area contributed by atoms with Gasteiger partial charge in [0.25, 0.3) is 0 Å². The number of rotatable bonds is 3. The Morgan fingerprint density at radius 3 is 2.58 bits per heavy atom. The molecule has 1 saturated heterocycles. The van der Waals surface area contributed by atoms with Crippen molar-refractivity contribution < 1.29 is 9.84 Å². The van der Waals surface area contributed by atoms with E-state index in [4.69, 9.17) is 9.84 Å². The van der Waals surface area contributed by atoms with Crippen molar-refractivity contribution in [3.8, 4) is 0 Å². The molecule has 0 bridgehead atoms. The number of aliphatic hydroxyl groups is 1. The van der Waals surface area contributed by atoms with Gasteiger partial charge in [-0.2, -0.15) is 0 Å². The molecule has 0 aromatic carbocycles. The van der Waals surface area contributed by atoms with E-state index in [1.54, 1.807) is 7.11 Å². The molecule has 0 unspecified atom stereocenters. The predicted octanol–water partition coefficient (Wildman–Crippen LogP) is 0.476. The molecule has 0 saturated carbocycles. The minimum absolute atomic E-state index is 0.248. The summed E-state index contributed by atoms with van der Waals surface area (Å²) in [4.78, 5) is 2.30. The summed E-state index contributed by atoms with van der Waals surface area (Å²) in [5, 5.41) is 9.10. The monoisotopic (exact) mass is 173 g/mol. The molecule has 1 aliphatic heterocycles. The highest BCUT2D eigenvalue weighted by Crippen LogP contribution is 2.21. The van der Waals surface area contributed by atoms with E-state index in [1.807, 2.05) is 0 Å². The van der Waals surface area contributed by atoms with Crippen molar-refractivity contribution in [3.63, 3.8) is 0 Å². The summed E-state index contributed by atoms with van der Waals surface area (Å²) in [6, 6.07) is 0.803. The zero-order valence-corrected chi connectivity index (χ0v) is 8.16. The van der Waals surface area contributed by atoms with E-state index in [-0.39, 0.29) is 6.61 Å². The van der Waals surface area contributed by atoms with E-state index in [0.717, 1.165) is 13.0 Å². The van der Waals surface area contributed by atoms with Crippen molar-refractivity contribution in [1.29, 1.82) is 0 Å². The third-order valence-corrected chi connectivity index (χ3v) is 2.63. The van der Waals surface area contributed by atoms with Gasteiger partial charge in [0.15, 0.2) is 0 Å². The summed E-state index contributed by atoms with van der Waals surface area (Å²) in [5.41, 5.74) is 0. The Bertz CT molecular complexity index is 138. The minimum atomic E-state index is 0.248. The summed E-state index contributed by atoms with van der Waals surface area (Å²) >= 11 is 0. The molecular weight excluding hydrogens is 154 g/mol. The van der Waals surface area contributed by atoms with Crippen molar-refractivity contribution >= 4 is 0 Å². The van der Waals surface area contributed by atoms with Gasteiger partial charge in [-0.1, -0.05) is 0 Å². The van der Waals surface area contributed by atoms with Gasteiger partial charge >= 0.3 is 0 Å². The standard InChI is InChI=1S/C9H19NO2/c1-7(2)10-5-9(12-3)4-8(10)6-11/h7-9,11H,4-6H2,1-3H3/t8-,9+/m0/s1. The van der Waals surface area contributed by atoms with Crippen molar-refractivity contribution in [2.24, 2.45) is 0 Å². The minimum Gasteiger partial charge on any atom is -0.395 e. The molecule has 72 valence electrons. The highest BCUT2D eigenvalue weighted by molar-refractivity contribution is 4.87. The molecular formula is C9H19NO2. The SMILES string of the molecule is CO[C@@H]1C[C@@H](CO)N(C(C)C)C1. The molecule has 1 rings (SSSR count). The highest BCUT2D eigenvalue weighted by atomic mass is 16.5. The topological polar surface area (TPSA) is 32.7 Å². The van der Waals surface area contributed by atoms with Crippen molar-refractivity contribution in [2.75, 3.05) is 20.3 Å². The summed E-state index contributed by atoms with van der Waals surface area (Å²) in [6.45, 7) is 5.51. The molecule has 1 fully saturated rings. The first-order valence-electron chi connectivity index (χ1n) is 4.58. The zero-order valence-electron chi connectivity index (χ0n) is 8.16. The Hall–Kier alpha value is -0.120. The second kappa shape index (κ2) is 4.21. The van der Waals surface area contributed by atoms with E-state index in [1.165, 1.54) is 0 Å². The predicted molar refractivity (Wildman–Crippen MR) is 48.1 cm³/mol. The molecule has 1 heterocycles. The molecule has 12 heavy (non-hydrogen) atoms. The average molecular weight is 173 g/mol. The number of nitrogens with zero attached hydrogens (tertiary/aromatic N) is 1. The molecule has 0 amide bonds. The smallest absolute Gasteiger partial charge is 0.0714 e. The lowest BCUT2D eigenvalue weighted by atomic mass is 10.2. The summed E-state index contributed by atoms with van der Waals surface area (Å²) < 4.78 is 5.27. The van der Waals surface area contributed by atoms with Crippen molar-refractivity contribution in [1.82, 2.24) is 4.90 Å². The molecule has 0 aromatic heterocycles. The van der Waals surface area contributed by atoms with Gasteiger partial charge in [0.05, 0.1) is 12.7 Å². The van der Waals surface area contributed by atoms with Crippen LogP contribution in [0.3, 0.4) is 0 Å². The van der Waals surface area contributed by atoms with E-state index in [0.29, 0.717) is 18.2 Å². The van der Waals surface area contributed by atoms with Crippen LogP contribution in [0.1, 0.15) is 20.3 Å². The molecule has 0 spiro atoms. The van der Waals surface area contributed by atoms with Gasteiger partial charge in [0.2, 0.25) is 0 Å². The second-order valence-corrected chi connectivity index (χ2v) is 3.72. The van der Waals surface area contributed by atoms with Gasteiger partial charge < -0.3 is 9.84 Å². The van der Waals surface area contributed by atoms with Gasteiger partial charge in [-0.3, -0.25) is 4.90 Å². The van der Waals surface area contributed by atoms with E-state index in [9.17, 15) is 0 Å². The number of ether oxygens (including phenoxy) is 1. The average Bonchev–Trinajstić information content (AvgIpc) is 2.47. The Morgan fingerprint density at radius 1 is 1.58 bits per heavy atom. The quantitative estimate of drug-likeness (QED) is 0.673. The third kappa shape index (κ3) is 1.97. The lowest BCUT2D eigenvalue weighted by molar-refractivity contribution is 0.101. The number of aliphatic hydroxyl groups excluding tert-OH is 1. The summed E-state index contributed by atoms with van der Waals surface area (Å²) in [6.07, 6.45) is 1.27. The molecule has 3 nitrogen and oxygen atoms in total. The van der Waals surface area contributed by atoms with E-state index < -0.39 is 0 Å². The summed E-state index contributed by atoms with van der Waals surface area (Å²) in [7, 11) is 1.74. The first-order valence-corrected chi connectivity index (χ1v) is 4.58. The van der Waals surface area contributed by atoms with Crippen LogP contribution in [0.2, 0.25) is 0 Å². The third-order valence-electron chi connectivity index (χ3n) is 2.63. The molecule has 1 N–H and O–H groups in total. The Morgan fingerprint density at radius 2 is 2.25 bits per heavy atom. The van der Waals surface area contributed by atoms with Gasteiger partial charge in [-0.25, -0.2) is 0 Å². The normalized spacial score (nSPS) is 31.8. The largest absolute Gasteiger partial charge is 0.395 e. The van der Waals surface area contributed by atoms with Crippen LogP contribution in [0.4, 0.5) is 0 Å². The first-order chi connectivity index (χ1) is 5.69. The highest BCUT2D eigenvalue weighted by Gasteiger charge is 2.32. The number of hydrogen-bond donors (Lipinski definition) is 1. The Labute approximate surface area is 74.3 Å². The molecule has 2 atom stereocenters. The zero-order chi connectivity index (χ0) is 9.14. The van der Waals surface area contributed by atoms with Crippen LogP contribution in [0.25, 0.3) is 0 Å². The first kappa shape index (κ1) is 9.96. The number of methoxy groups -OCH3 is 1. The van der Waals surface area contributed by atoms with Crippen LogP contribution in [-0.4, -0.2) is 48.5 Å². The van der Waals surface area contributed by atoms with Crippen LogP contribution in [0.15, 0.2) is 0 Å². The molecule has 3 heteroatoms. The fourth-order valence-electron chi connectivity index (χ4n) is 1.88. The van der Waals surface area contributed by atoms with E-state index in [2.05, 4.69) is 18.7 Å². The van der Waals surface area contributed by atoms with E-state index >= 15 is 0 Å². The lowest BCUT2D eigenvalue weighted by Gasteiger charge is -2.26. The van der Waals surface area contributed by atoms with Crippen LogP contribution >= 0.6 is 0 Å². The fourth-order valence-corrected chi connectivity index (χ4v) is 1.88. The Balaban J connectivity index is 2.50. The summed E-state index contributed by atoms with van der Waals surface area (Å²) in [5.74, 6) is 0. The molecule has 0 radical (unpaired) electrons. The second-order valence-electron chi connectivity index (χ2n) is 3.72. The van der Waals surface area contributed by atoms with Crippen molar-refractivity contribution in [3.05, 3.63) is 0 Å². The van der Waals surface area contributed by atoms with Gasteiger partial charge in [-0.05, 0) is 20.3 Å². The number of likely N-dealkylation sites (tertiary alicyclic amines) is 1. The van der Waals surface area contributed by atoms with Gasteiger partial charge in [0.1, 0.15) is 0 Å². The number of hydrogen-bond acceptors (Lipinski definition) is 3. The van der Waals surface area contributed by atoms with Gasteiger partial charge in [-0.15, -0.1) is 0 Å². The Kier molecular flexibility index (Phi) is 3.50. The molecule has 1 aliphatic rings. The fraction of sp³-hybridized carbons (Fsp3) is 1.00. The van der Waals surface area contributed by atoms with Crippen molar-refractivity contribution in [2.45, 2.75) is 38.5 Å².